The topological polar surface area (TPSA) is 84.9 Å². The Balaban J connectivity index is 1.46. The van der Waals surface area contributed by atoms with E-state index in [2.05, 4.69) is 5.32 Å². The Kier molecular flexibility index (Phi) is 6.74. The normalized spacial score (nSPS) is 14.9. The van der Waals surface area contributed by atoms with E-state index in [0.29, 0.717) is 44.0 Å². The van der Waals surface area contributed by atoms with Crippen LogP contribution in [-0.4, -0.2) is 52.0 Å². The van der Waals surface area contributed by atoms with E-state index in [0.717, 1.165) is 16.5 Å². The molecule has 1 aliphatic rings. The van der Waals surface area contributed by atoms with Gasteiger partial charge in [-0.05, 0) is 53.1 Å². The predicted octanol–water partition coefficient (Wildman–Crippen LogP) is 3.44. The number of nitrogens with zero attached hydrogens (tertiary/aromatic N) is 1. The zero-order valence-corrected chi connectivity index (χ0v) is 18.7. The highest BCUT2D eigenvalue weighted by molar-refractivity contribution is 7.89. The quantitative estimate of drug-likeness (QED) is 0.591. The first kappa shape index (κ1) is 22.3. The molecule has 1 heterocycles. The fraction of sp³-hybridized carbons (Fsp3) is 0.292. The minimum atomic E-state index is -3.62. The van der Waals surface area contributed by atoms with Gasteiger partial charge in [0.2, 0.25) is 15.9 Å². The summed E-state index contributed by atoms with van der Waals surface area (Å²) in [5, 5.41) is 5.07. The van der Waals surface area contributed by atoms with Crippen LogP contribution in [0.2, 0.25) is 0 Å². The number of amides is 1. The van der Waals surface area contributed by atoms with Crippen molar-refractivity contribution in [3.8, 4) is 5.75 Å². The standard InChI is InChI=1S/C24H26N2O5S/c1-30-23-10-9-22(32(28,29)26-12-14-31-15-13-26)17-20(23)7-11-24(27)25-21-8-6-18-4-2-3-5-19(18)16-21/h2-6,8-10,16-17H,7,11-15H2,1H3,(H,25,27). The Hall–Kier alpha value is -2.94. The summed E-state index contributed by atoms with van der Waals surface area (Å²) in [6.45, 7) is 1.43. The molecule has 1 N–H and O–H groups in total. The van der Waals surface area contributed by atoms with Crippen LogP contribution < -0.4 is 10.1 Å². The van der Waals surface area contributed by atoms with Crippen molar-refractivity contribution >= 4 is 32.4 Å². The summed E-state index contributed by atoms with van der Waals surface area (Å²) < 4.78 is 38.0. The van der Waals surface area contributed by atoms with E-state index < -0.39 is 10.0 Å². The zero-order valence-electron chi connectivity index (χ0n) is 17.9. The Morgan fingerprint density at radius 3 is 2.53 bits per heavy atom. The van der Waals surface area contributed by atoms with Crippen molar-refractivity contribution < 1.29 is 22.7 Å². The number of sulfonamides is 1. The third kappa shape index (κ3) is 4.93. The van der Waals surface area contributed by atoms with Crippen molar-refractivity contribution in [1.29, 1.82) is 0 Å². The molecule has 7 nitrogen and oxygen atoms in total. The highest BCUT2D eigenvalue weighted by Gasteiger charge is 2.27. The highest BCUT2D eigenvalue weighted by atomic mass is 32.2. The maximum atomic E-state index is 13.0. The van der Waals surface area contributed by atoms with Crippen molar-refractivity contribution in [1.82, 2.24) is 4.31 Å². The first-order valence-electron chi connectivity index (χ1n) is 10.5. The second-order valence-electron chi connectivity index (χ2n) is 7.60. The summed E-state index contributed by atoms with van der Waals surface area (Å²) in [5.74, 6) is 0.410. The third-order valence-electron chi connectivity index (χ3n) is 5.51. The van der Waals surface area contributed by atoms with Crippen LogP contribution in [0, 0.1) is 0 Å². The molecule has 0 saturated carbocycles. The number of methoxy groups -OCH3 is 1. The molecule has 0 unspecified atom stereocenters. The summed E-state index contributed by atoms with van der Waals surface area (Å²) in [5.41, 5.74) is 1.40. The van der Waals surface area contributed by atoms with Gasteiger partial charge in [-0.15, -0.1) is 0 Å². The smallest absolute Gasteiger partial charge is 0.243 e. The lowest BCUT2D eigenvalue weighted by molar-refractivity contribution is -0.116. The average molecular weight is 455 g/mol. The van der Waals surface area contributed by atoms with Gasteiger partial charge in [0, 0.05) is 25.2 Å². The molecule has 3 aromatic rings. The first-order chi connectivity index (χ1) is 15.5. The molecule has 0 aliphatic carbocycles. The van der Waals surface area contributed by atoms with E-state index in [1.54, 1.807) is 18.2 Å². The van der Waals surface area contributed by atoms with Crippen LogP contribution in [0.15, 0.2) is 65.6 Å². The van der Waals surface area contributed by atoms with Gasteiger partial charge in [-0.1, -0.05) is 30.3 Å². The molecule has 0 spiro atoms. The van der Waals surface area contributed by atoms with Crippen molar-refractivity contribution in [3.05, 3.63) is 66.2 Å². The van der Waals surface area contributed by atoms with Gasteiger partial charge in [-0.3, -0.25) is 4.79 Å². The Labute approximate surface area is 188 Å². The number of carbonyl (C=O) groups excluding carboxylic acids is 1. The fourth-order valence-electron chi connectivity index (χ4n) is 3.79. The fourth-order valence-corrected chi connectivity index (χ4v) is 5.24. The number of nitrogens with one attached hydrogen (secondary N) is 1. The maximum absolute atomic E-state index is 13.0. The van der Waals surface area contributed by atoms with E-state index >= 15 is 0 Å². The molecule has 0 bridgehead atoms. The number of carbonyl (C=O) groups is 1. The van der Waals surface area contributed by atoms with Gasteiger partial charge < -0.3 is 14.8 Å². The number of fused-ring (bicyclic) bond motifs is 1. The molecule has 8 heteroatoms. The second-order valence-corrected chi connectivity index (χ2v) is 9.54. The van der Waals surface area contributed by atoms with Crippen molar-refractivity contribution in [3.63, 3.8) is 0 Å². The molecule has 1 aliphatic heterocycles. The van der Waals surface area contributed by atoms with E-state index in [1.165, 1.54) is 11.4 Å². The molecule has 1 fully saturated rings. The van der Waals surface area contributed by atoms with Gasteiger partial charge in [0.05, 0.1) is 25.2 Å². The van der Waals surface area contributed by atoms with Crippen LogP contribution in [0.4, 0.5) is 5.69 Å². The molecule has 0 aromatic heterocycles. The van der Waals surface area contributed by atoms with Gasteiger partial charge in [0.25, 0.3) is 0 Å². The number of anilines is 1. The second kappa shape index (κ2) is 9.68. The molecule has 32 heavy (non-hydrogen) atoms. The van der Waals surface area contributed by atoms with Crippen LogP contribution in [-0.2, 0) is 26.0 Å². The molecule has 168 valence electrons. The van der Waals surface area contributed by atoms with Crippen LogP contribution in [0.3, 0.4) is 0 Å². The number of aryl methyl sites for hydroxylation is 1. The lowest BCUT2D eigenvalue weighted by atomic mass is 10.1. The summed E-state index contributed by atoms with van der Waals surface area (Å²) in [4.78, 5) is 12.8. The summed E-state index contributed by atoms with van der Waals surface area (Å²) in [7, 11) is -2.09. The largest absolute Gasteiger partial charge is 0.496 e. The number of hydrogen-bond acceptors (Lipinski definition) is 5. The van der Waals surface area contributed by atoms with Crippen LogP contribution in [0.1, 0.15) is 12.0 Å². The summed E-state index contributed by atoms with van der Waals surface area (Å²) >= 11 is 0. The number of rotatable bonds is 7. The van der Waals surface area contributed by atoms with Gasteiger partial charge in [0.1, 0.15) is 5.75 Å². The molecular weight excluding hydrogens is 428 g/mol. The Morgan fingerprint density at radius 2 is 1.78 bits per heavy atom. The highest BCUT2D eigenvalue weighted by Crippen LogP contribution is 2.26. The summed E-state index contributed by atoms with van der Waals surface area (Å²) in [6.07, 6.45) is 0.555. The van der Waals surface area contributed by atoms with Crippen molar-refractivity contribution in [2.75, 3.05) is 38.7 Å². The number of benzene rings is 3. The lowest BCUT2D eigenvalue weighted by Gasteiger charge is -2.26. The zero-order chi connectivity index (χ0) is 22.6. The predicted molar refractivity (Wildman–Crippen MR) is 123 cm³/mol. The molecule has 0 radical (unpaired) electrons. The number of morpholine rings is 1. The maximum Gasteiger partial charge on any atom is 0.243 e. The molecule has 4 rings (SSSR count). The van der Waals surface area contributed by atoms with Gasteiger partial charge >= 0.3 is 0 Å². The molecular formula is C24H26N2O5S. The van der Waals surface area contributed by atoms with E-state index in [-0.39, 0.29) is 17.2 Å². The molecule has 3 aromatic carbocycles. The minimum Gasteiger partial charge on any atom is -0.496 e. The van der Waals surface area contributed by atoms with Crippen molar-refractivity contribution in [2.24, 2.45) is 0 Å². The lowest BCUT2D eigenvalue weighted by Crippen LogP contribution is -2.40. The average Bonchev–Trinajstić information content (AvgIpc) is 2.83. The van der Waals surface area contributed by atoms with Crippen molar-refractivity contribution in [2.45, 2.75) is 17.7 Å². The van der Waals surface area contributed by atoms with E-state index in [1.807, 2.05) is 42.5 Å². The van der Waals surface area contributed by atoms with Crippen LogP contribution in [0.25, 0.3) is 10.8 Å². The third-order valence-corrected chi connectivity index (χ3v) is 7.41. The van der Waals surface area contributed by atoms with E-state index in [9.17, 15) is 13.2 Å². The number of ether oxygens (including phenoxy) is 2. The SMILES string of the molecule is COc1ccc(S(=O)(=O)N2CCOCC2)cc1CCC(=O)Nc1ccc2ccccc2c1. The summed E-state index contributed by atoms with van der Waals surface area (Å²) in [6, 6.07) is 18.5. The van der Waals surface area contributed by atoms with E-state index in [4.69, 9.17) is 9.47 Å². The first-order valence-corrected chi connectivity index (χ1v) is 11.9. The molecule has 0 atom stereocenters. The molecule has 1 saturated heterocycles. The van der Waals surface area contributed by atoms with Gasteiger partial charge in [0.15, 0.2) is 0 Å². The van der Waals surface area contributed by atoms with Gasteiger partial charge in [-0.25, -0.2) is 8.42 Å². The number of hydrogen-bond donors (Lipinski definition) is 1. The van der Waals surface area contributed by atoms with Crippen LogP contribution >= 0.6 is 0 Å². The molecule has 1 amide bonds. The monoisotopic (exact) mass is 454 g/mol. The van der Waals surface area contributed by atoms with Crippen LogP contribution in [0.5, 0.6) is 5.75 Å². The van der Waals surface area contributed by atoms with Gasteiger partial charge in [-0.2, -0.15) is 4.31 Å². The Bertz CT molecular complexity index is 1220. The minimum absolute atomic E-state index is 0.149. The Morgan fingerprint density at radius 1 is 1.03 bits per heavy atom.